The van der Waals surface area contributed by atoms with Gasteiger partial charge in [-0.25, -0.2) is 0 Å². The summed E-state index contributed by atoms with van der Waals surface area (Å²) in [5, 5.41) is 12.0. The zero-order chi connectivity index (χ0) is 10.8. The SMILES string of the molecule is O=C1/C(=N\O)CCOc2c(Cl)cccc21. The Morgan fingerprint density at radius 1 is 1.47 bits per heavy atom. The van der Waals surface area contributed by atoms with Crippen LogP contribution in [0.5, 0.6) is 5.75 Å². The first-order chi connectivity index (χ1) is 7.24. The third-order valence-electron chi connectivity index (χ3n) is 2.18. The summed E-state index contributed by atoms with van der Waals surface area (Å²) in [5.74, 6) is 0.0234. The Morgan fingerprint density at radius 2 is 2.27 bits per heavy atom. The number of fused-ring (bicyclic) bond motifs is 1. The molecule has 0 atom stereocenters. The Hall–Kier alpha value is -1.55. The Labute approximate surface area is 91.1 Å². The highest BCUT2D eigenvalue weighted by atomic mass is 35.5. The highest BCUT2D eigenvalue weighted by molar-refractivity contribution is 6.47. The van der Waals surface area contributed by atoms with E-state index in [1.165, 1.54) is 0 Å². The van der Waals surface area contributed by atoms with E-state index in [-0.39, 0.29) is 24.5 Å². The molecule has 4 nitrogen and oxygen atoms in total. The van der Waals surface area contributed by atoms with Crippen LogP contribution in [-0.2, 0) is 0 Å². The summed E-state index contributed by atoms with van der Waals surface area (Å²) in [6.45, 7) is 0.280. The van der Waals surface area contributed by atoms with Crippen LogP contribution in [-0.4, -0.2) is 23.3 Å². The first-order valence-corrected chi connectivity index (χ1v) is 4.79. The molecular formula is C10H8ClNO3. The van der Waals surface area contributed by atoms with E-state index in [1.807, 2.05) is 0 Å². The number of benzene rings is 1. The zero-order valence-corrected chi connectivity index (χ0v) is 8.49. The number of Topliss-reactive ketones (excluding diaryl/α,β-unsaturated/α-hetero) is 1. The molecule has 0 unspecified atom stereocenters. The molecule has 1 N–H and O–H groups in total. The molecule has 15 heavy (non-hydrogen) atoms. The Morgan fingerprint density at radius 3 is 3.00 bits per heavy atom. The molecule has 78 valence electrons. The third-order valence-corrected chi connectivity index (χ3v) is 2.48. The number of rotatable bonds is 0. The van der Waals surface area contributed by atoms with Crippen molar-refractivity contribution in [1.29, 1.82) is 0 Å². The van der Waals surface area contributed by atoms with Crippen LogP contribution in [0.1, 0.15) is 16.8 Å². The minimum atomic E-state index is -0.340. The molecule has 0 saturated carbocycles. The number of nitrogens with zero attached hydrogens (tertiary/aromatic N) is 1. The van der Waals surface area contributed by atoms with Gasteiger partial charge in [-0.05, 0) is 12.1 Å². The largest absolute Gasteiger partial charge is 0.491 e. The molecule has 2 rings (SSSR count). The number of carbonyl (C=O) groups excluding carboxylic acids is 1. The van der Waals surface area contributed by atoms with Crippen LogP contribution in [0.15, 0.2) is 23.4 Å². The lowest BCUT2D eigenvalue weighted by Crippen LogP contribution is -2.13. The van der Waals surface area contributed by atoms with Crippen LogP contribution in [0, 0.1) is 0 Å². The molecule has 1 heterocycles. The maximum atomic E-state index is 11.8. The summed E-state index contributed by atoms with van der Waals surface area (Å²) in [6.07, 6.45) is 0.278. The topological polar surface area (TPSA) is 58.9 Å². The number of hydrogen-bond acceptors (Lipinski definition) is 4. The molecule has 0 spiro atoms. The number of carbonyl (C=O) groups is 1. The lowest BCUT2D eigenvalue weighted by molar-refractivity contribution is 0.106. The molecule has 1 aromatic rings. The number of oxime groups is 1. The van der Waals surface area contributed by atoms with Crippen molar-refractivity contribution in [3.05, 3.63) is 28.8 Å². The number of ketones is 1. The molecule has 0 amide bonds. The van der Waals surface area contributed by atoms with Crippen LogP contribution in [0.3, 0.4) is 0 Å². The first kappa shape index (κ1) is 9.98. The second kappa shape index (κ2) is 3.90. The lowest BCUT2D eigenvalue weighted by Gasteiger charge is -2.06. The molecule has 0 fully saturated rings. The van der Waals surface area contributed by atoms with Crippen molar-refractivity contribution in [2.45, 2.75) is 6.42 Å². The van der Waals surface area contributed by atoms with E-state index in [0.717, 1.165) is 0 Å². The number of hydrogen-bond donors (Lipinski definition) is 1. The highest BCUT2D eigenvalue weighted by Gasteiger charge is 2.24. The van der Waals surface area contributed by atoms with Gasteiger partial charge in [-0.3, -0.25) is 4.79 Å². The van der Waals surface area contributed by atoms with Gasteiger partial charge in [-0.15, -0.1) is 0 Å². The van der Waals surface area contributed by atoms with Gasteiger partial charge in [0.05, 0.1) is 17.2 Å². The normalized spacial score (nSPS) is 18.2. The van der Waals surface area contributed by atoms with Crippen LogP contribution >= 0.6 is 11.6 Å². The zero-order valence-electron chi connectivity index (χ0n) is 7.74. The third kappa shape index (κ3) is 1.68. The fourth-order valence-corrected chi connectivity index (χ4v) is 1.68. The molecule has 1 aliphatic heterocycles. The van der Waals surface area contributed by atoms with Crippen molar-refractivity contribution in [3.63, 3.8) is 0 Å². The van der Waals surface area contributed by atoms with Crippen molar-refractivity contribution in [1.82, 2.24) is 0 Å². The van der Waals surface area contributed by atoms with E-state index < -0.39 is 0 Å². The van der Waals surface area contributed by atoms with Crippen molar-refractivity contribution in [2.24, 2.45) is 5.16 Å². The number of para-hydroxylation sites is 1. The molecule has 0 bridgehead atoms. The van der Waals surface area contributed by atoms with Gasteiger partial charge < -0.3 is 9.94 Å². The Kier molecular flexibility index (Phi) is 2.60. The van der Waals surface area contributed by atoms with Gasteiger partial charge in [0.15, 0.2) is 0 Å². The lowest BCUT2D eigenvalue weighted by atomic mass is 10.1. The van der Waals surface area contributed by atoms with Crippen LogP contribution < -0.4 is 4.74 Å². The molecule has 5 heteroatoms. The molecule has 0 aromatic heterocycles. The van der Waals surface area contributed by atoms with Gasteiger partial charge in [0.1, 0.15) is 11.5 Å². The maximum absolute atomic E-state index is 11.8. The fourth-order valence-electron chi connectivity index (χ4n) is 1.45. The van der Waals surface area contributed by atoms with Gasteiger partial charge in [0.25, 0.3) is 0 Å². The van der Waals surface area contributed by atoms with E-state index in [1.54, 1.807) is 18.2 Å². The number of halogens is 1. The molecule has 0 saturated heterocycles. The second-order valence-corrected chi connectivity index (χ2v) is 3.50. The Balaban J connectivity index is 2.57. The van der Waals surface area contributed by atoms with Crippen LogP contribution in [0.4, 0.5) is 0 Å². The standard InChI is InChI=1S/C10H8ClNO3/c11-7-3-1-2-6-9(13)8(12-14)4-5-15-10(6)7/h1-3,14H,4-5H2/b12-8-. The van der Waals surface area contributed by atoms with Crippen molar-refractivity contribution in [3.8, 4) is 5.75 Å². The van der Waals surface area contributed by atoms with E-state index in [4.69, 9.17) is 21.5 Å². The Bertz CT molecular complexity index is 442. The van der Waals surface area contributed by atoms with Crippen molar-refractivity contribution >= 4 is 23.1 Å². The van der Waals surface area contributed by atoms with Crippen molar-refractivity contribution < 1.29 is 14.7 Å². The predicted molar refractivity (Wildman–Crippen MR) is 55.1 cm³/mol. The first-order valence-electron chi connectivity index (χ1n) is 4.41. The van der Waals surface area contributed by atoms with E-state index in [9.17, 15) is 4.79 Å². The summed E-state index contributed by atoms with van der Waals surface area (Å²) in [7, 11) is 0. The summed E-state index contributed by atoms with van der Waals surface area (Å²) >= 11 is 5.89. The molecule has 1 aliphatic rings. The van der Waals surface area contributed by atoms with Gasteiger partial charge in [-0.2, -0.15) is 0 Å². The van der Waals surface area contributed by atoms with Gasteiger partial charge >= 0.3 is 0 Å². The minimum Gasteiger partial charge on any atom is -0.491 e. The van der Waals surface area contributed by atoms with E-state index in [0.29, 0.717) is 16.3 Å². The van der Waals surface area contributed by atoms with Gasteiger partial charge in [-0.1, -0.05) is 22.8 Å². The second-order valence-electron chi connectivity index (χ2n) is 3.09. The van der Waals surface area contributed by atoms with Gasteiger partial charge in [0.2, 0.25) is 5.78 Å². The summed E-state index contributed by atoms with van der Waals surface area (Å²) in [6, 6.07) is 4.90. The fraction of sp³-hybridized carbons (Fsp3) is 0.200. The summed E-state index contributed by atoms with van der Waals surface area (Å²) < 4.78 is 5.34. The quantitative estimate of drug-likeness (QED) is 0.544. The van der Waals surface area contributed by atoms with E-state index in [2.05, 4.69) is 5.16 Å². The molecule has 0 aliphatic carbocycles. The van der Waals surface area contributed by atoms with Gasteiger partial charge in [0, 0.05) is 6.42 Å². The summed E-state index contributed by atoms with van der Waals surface area (Å²) in [4.78, 5) is 11.8. The average Bonchev–Trinajstić information content (AvgIpc) is 2.40. The predicted octanol–water partition coefficient (Wildman–Crippen LogP) is 2.14. The summed E-state index contributed by atoms with van der Waals surface area (Å²) in [5.41, 5.74) is 0.434. The van der Waals surface area contributed by atoms with Crippen LogP contribution in [0.2, 0.25) is 5.02 Å². The number of ether oxygens (including phenoxy) is 1. The molecular weight excluding hydrogens is 218 g/mol. The van der Waals surface area contributed by atoms with Crippen LogP contribution in [0.25, 0.3) is 0 Å². The molecule has 0 radical (unpaired) electrons. The highest BCUT2D eigenvalue weighted by Crippen LogP contribution is 2.31. The average molecular weight is 226 g/mol. The molecule has 1 aromatic carbocycles. The smallest absolute Gasteiger partial charge is 0.214 e. The minimum absolute atomic E-state index is 0.0935. The van der Waals surface area contributed by atoms with E-state index >= 15 is 0 Å². The van der Waals surface area contributed by atoms with Crippen molar-refractivity contribution in [2.75, 3.05) is 6.61 Å². The monoisotopic (exact) mass is 225 g/mol. The maximum Gasteiger partial charge on any atom is 0.214 e.